The third-order valence-electron chi connectivity index (χ3n) is 3.33. The molecule has 0 aromatic carbocycles. The molecule has 0 aliphatic rings. The highest BCUT2D eigenvalue weighted by molar-refractivity contribution is 6.62. The average molecular weight is 570 g/mol. The molecule has 0 heterocycles. The van der Waals surface area contributed by atoms with Crippen molar-refractivity contribution in [2.75, 3.05) is 0 Å². The maximum absolute atomic E-state index is 13.2. The van der Waals surface area contributed by atoms with Gasteiger partial charge in [-0.2, -0.15) is 74.6 Å². The summed E-state index contributed by atoms with van der Waals surface area (Å²) in [4.78, 5) is 0. The van der Waals surface area contributed by atoms with Crippen LogP contribution in [0.3, 0.4) is 0 Å². The number of hydrogen-bond donors (Lipinski definition) is 0. The second kappa shape index (κ2) is 7.57. The highest BCUT2D eigenvalue weighted by atomic mass is 28.4. The van der Waals surface area contributed by atoms with Gasteiger partial charge in [-0.25, -0.2) is 8.22 Å². The van der Waals surface area contributed by atoms with E-state index < -0.39 is 62.6 Å². The van der Waals surface area contributed by atoms with Gasteiger partial charge in [-0.15, -0.1) is 13.2 Å². The Morgan fingerprint density at radius 2 is 0.606 bits per heavy atom. The van der Waals surface area contributed by atoms with Crippen molar-refractivity contribution in [3.8, 4) is 0 Å². The molecule has 0 aromatic rings. The van der Waals surface area contributed by atoms with Crippen LogP contribution < -0.4 is 0 Å². The Hall–Kier alpha value is -1.36. The first-order chi connectivity index (χ1) is 13.7. The zero-order valence-electron chi connectivity index (χ0n) is 13.7. The number of hydrogen-bond acceptors (Lipinski definition) is 1. The first-order valence-corrected chi connectivity index (χ1v) is 8.23. The molecule has 200 valence electrons. The molecular formula is C9F22OSi. The van der Waals surface area contributed by atoms with Crippen LogP contribution in [-0.2, 0) is 4.43 Å². The van der Waals surface area contributed by atoms with Gasteiger partial charge < -0.3 is 0 Å². The molecule has 1 nitrogen and oxygen atoms in total. The first-order valence-electron chi connectivity index (χ1n) is 6.57. The fourth-order valence-electron chi connectivity index (χ4n) is 1.56. The minimum Gasteiger partial charge on any atom is -0.274 e. The van der Waals surface area contributed by atoms with Gasteiger partial charge in [0, 0.05) is 0 Å². The van der Waals surface area contributed by atoms with E-state index in [1.807, 2.05) is 0 Å². The second-order valence-electron chi connectivity index (χ2n) is 5.58. The van der Waals surface area contributed by atoms with Crippen molar-refractivity contribution in [2.24, 2.45) is 0 Å². The topological polar surface area (TPSA) is 9.23 Å². The summed E-state index contributed by atoms with van der Waals surface area (Å²) in [7, 11) is -9.84. The molecule has 0 radical (unpaired) electrons. The Morgan fingerprint density at radius 3 is 0.848 bits per heavy atom. The van der Waals surface area contributed by atoms with Crippen molar-refractivity contribution in [3.63, 3.8) is 0 Å². The molecule has 0 fully saturated rings. The van der Waals surface area contributed by atoms with Gasteiger partial charge in [-0.05, 0) is 0 Å². The van der Waals surface area contributed by atoms with Crippen molar-refractivity contribution in [1.82, 2.24) is 0 Å². The number of rotatable bonds is 8. The highest BCUT2D eigenvalue weighted by Gasteiger charge is 2.98. The zero-order chi connectivity index (χ0) is 27.7. The molecule has 0 aromatic heterocycles. The third kappa shape index (κ3) is 4.28. The smallest absolute Gasteiger partial charge is 0.274 e. The molecule has 0 amide bonds. The van der Waals surface area contributed by atoms with E-state index in [0.717, 1.165) is 4.43 Å². The van der Waals surface area contributed by atoms with Gasteiger partial charge in [0.25, 0.3) is 0 Å². The van der Waals surface area contributed by atoms with Gasteiger partial charge in [0.15, 0.2) is 0 Å². The lowest BCUT2D eigenvalue weighted by Crippen LogP contribution is -2.76. The molecule has 0 saturated carbocycles. The molecule has 0 aliphatic carbocycles. The summed E-state index contributed by atoms with van der Waals surface area (Å²) < 4.78 is 279. The van der Waals surface area contributed by atoms with E-state index in [1.54, 1.807) is 0 Å². The summed E-state index contributed by atoms with van der Waals surface area (Å²) in [6, 6.07) is 0. The van der Waals surface area contributed by atoms with Crippen LogP contribution in [0.1, 0.15) is 0 Å². The highest BCUT2D eigenvalue weighted by Crippen LogP contribution is 2.64. The van der Waals surface area contributed by atoms with Crippen molar-refractivity contribution < 1.29 is 100 Å². The molecule has 0 saturated heterocycles. The predicted octanol–water partition coefficient (Wildman–Crippen LogP) is 6.95. The van der Waals surface area contributed by atoms with Gasteiger partial charge in [0.1, 0.15) is 0 Å². The molecule has 0 spiro atoms. The van der Waals surface area contributed by atoms with Crippen LogP contribution in [0.4, 0.5) is 96.0 Å². The Morgan fingerprint density at radius 1 is 0.364 bits per heavy atom. The fraction of sp³-hybridized carbons (Fsp3) is 1.00. The molecule has 0 atom stereocenters. The van der Waals surface area contributed by atoms with Crippen LogP contribution in [0.2, 0.25) is 0 Å². The molecule has 33 heavy (non-hydrogen) atoms. The van der Waals surface area contributed by atoms with E-state index in [1.165, 1.54) is 0 Å². The second-order valence-corrected chi connectivity index (χ2v) is 7.45. The van der Waals surface area contributed by atoms with Crippen LogP contribution in [0, 0.1) is 0 Å². The van der Waals surface area contributed by atoms with Crippen LogP contribution >= 0.6 is 0 Å². The van der Waals surface area contributed by atoms with Gasteiger partial charge in [-0.3, -0.25) is 4.43 Å². The van der Waals surface area contributed by atoms with Gasteiger partial charge in [0.2, 0.25) is 0 Å². The summed E-state index contributed by atoms with van der Waals surface area (Å²) >= 11 is 0. The minimum atomic E-state index is -9.84. The Bertz CT molecular complexity index is 712. The summed E-state index contributed by atoms with van der Waals surface area (Å²) in [6.07, 6.45) is -15.1. The zero-order valence-corrected chi connectivity index (χ0v) is 14.7. The molecule has 0 N–H and O–H groups in total. The monoisotopic (exact) mass is 570 g/mol. The number of halogens is 22. The van der Waals surface area contributed by atoms with Crippen LogP contribution in [0.25, 0.3) is 0 Å². The maximum Gasteiger partial charge on any atom is 0.664 e. The lowest BCUT2D eigenvalue weighted by molar-refractivity contribution is -0.459. The molecule has 0 aliphatic heterocycles. The summed E-state index contributed by atoms with van der Waals surface area (Å²) in [5.74, 6) is -53.7. The quantitative estimate of drug-likeness (QED) is 0.175. The van der Waals surface area contributed by atoms with Crippen LogP contribution in [0.15, 0.2) is 0 Å². The Balaban J connectivity index is 6.89. The fourth-order valence-corrected chi connectivity index (χ4v) is 2.50. The van der Waals surface area contributed by atoms with E-state index in [4.69, 9.17) is 0 Å². The lowest BCUT2D eigenvalue weighted by atomic mass is 9.91. The average Bonchev–Trinajstić information content (AvgIpc) is 2.49. The van der Waals surface area contributed by atoms with E-state index in [0.29, 0.717) is 0 Å². The first kappa shape index (κ1) is 31.6. The lowest BCUT2D eigenvalue weighted by Gasteiger charge is -2.43. The Kier molecular flexibility index (Phi) is 7.25. The van der Waals surface area contributed by atoms with Crippen molar-refractivity contribution in [2.45, 2.75) is 53.6 Å². The van der Waals surface area contributed by atoms with Crippen LogP contribution in [0.5, 0.6) is 0 Å². The van der Waals surface area contributed by atoms with E-state index >= 15 is 0 Å². The molecule has 24 heteroatoms. The molecule has 0 unspecified atom stereocenters. The normalized spacial score (nSPS) is 16.9. The summed E-state index contributed by atoms with van der Waals surface area (Å²) in [5, 5.41) is 0. The third-order valence-corrected chi connectivity index (χ3v) is 4.86. The van der Waals surface area contributed by atoms with E-state index in [2.05, 4.69) is 0 Å². The van der Waals surface area contributed by atoms with Gasteiger partial charge >= 0.3 is 62.6 Å². The van der Waals surface area contributed by atoms with Crippen molar-refractivity contribution in [3.05, 3.63) is 0 Å². The molecular weight excluding hydrogens is 570 g/mol. The molecule has 0 rings (SSSR count). The predicted molar refractivity (Wildman–Crippen MR) is 55.8 cm³/mol. The van der Waals surface area contributed by atoms with Gasteiger partial charge in [0.05, 0.1) is 0 Å². The van der Waals surface area contributed by atoms with Crippen molar-refractivity contribution in [1.29, 1.82) is 0 Å². The van der Waals surface area contributed by atoms with Crippen molar-refractivity contribution >= 4 is 8.99 Å². The van der Waals surface area contributed by atoms with E-state index in [9.17, 15) is 96.0 Å². The Labute approximate surface area is 164 Å². The maximum atomic E-state index is 13.2. The standard InChI is InChI=1S/C9F22OSi/c10-1(11,3(14,15)5(18,19)7(22,23)24)2(12,13)4(16,17)6(20,21)8(25,26)33(30,31)32-9(27,28)29. The van der Waals surface area contributed by atoms with Gasteiger partial charge in [-0.1, -0.05) is 0 Å². The minimum absolute atomic E-state index is 1.13. The largest absolute Gasteiger partial charge is 0.664 e. The van der Waals surface area contributed by atoms with E-state index in [-0.39, 0.29) is 0 Å². The summed E-state index contributed by atoms with van der Waals surface area (Å²) in [6.45, 7) is 0. The van der Waals surface area contributed by atoms with Crippen LogP contribution in [-0.4, -0.2) is 62.6 Å². The summed E-state index contributed by atoms with van der Waals surface area (Å²) in [5.41, 5.74) is -8.54. The number of alkyl halides is 20. The molecule has 0 bridgehead atoms. The SMILES string of the molecule is FC(F)(F)O[Si](F)(F)C(F)(F)C(F)(F)C(F)(F)C(F)(F)C(F)(F)C(F)(F)C(F)(F)C(F)(F)F.